The molecule has 1 heterocycles. The molecule has 0 aliphatic carbocycles. The first-order valence-electron chi connectivity index (χ1n) is 6.90. The molecular weight excluding hydrogens is 282 g/mol. The number of amides is 1. The van der Waals surface area contributed by atoms with E-state index in [9.17, 15) is 4.79 Å². The second kappa shape index (κ2) is 5.95. The molecule has 1 atom stereocenters. The fourth-order valence-corrected chi connectivity index (χ4v) is 2.45. The average molecular weight is 299 g/mol. The van der Waals surface area contributed by atoms with Crippen molar-refractivity contribution in [2.75, 3.05) is 19.2 Å². The quantitative estimate of drug-likeness (QED) is 0.750. The van der Waals surface area contributed by atoms with E-state index >= 15 is 0 Å². The molecular formula is C16H17N3O3. The van der Waals surface area contributed by atoms with E-state index in [0.29, 0.717) is 17.1 Å². The molecule has 0 aromatic heterocycles. The average Bonchev–Trinajstić information content (AvgIpc) is 2.55. The molecule has 114 valence electrons. The molecule has 0 radical (unpaired) electrons. The van der Waals surface area contributed by atoms with Crippen molar-refractivity contribution in [3.63, 3.8) is 0 Å². The summed E-state index contributed by atoms with van der Waals surface area (Å²) in [5, 5.41) is 6.21. The van der Waals surface area contributed by atoms with Gasteiger partial charge < -0.3 is 20.1 Å². The van der Waals surface area contributed by atoms with E-state index < -0.39 is 0 Å². The summed E-state index contributed by atoms with van der Waals surface area (Å²) in [5.41, 5.74) is 7.69. The monoisotopic (exact) mass is 299 g/mol. The maximum Gasteiger partial charge on any atom is 0.255 e. The van der Waals surface area contributed by atoms with Gasteiger partial charge in [0.1, 0.15) is 12.9 Å². The Bertz CT molecular complexity index is 703. The summed E-state index contributed by atoms with van der Waals surface area (Å²) >= 11 is 0. The lowest BCUT2D eigenvalue weighted by Gasteiger charge is -2.28. The first-order chi connectivity index (χ1) is 10.7. The highest BCUT2D eigenvalue weighted by molar-refractivity contribution is 6.01. The molecule has 4 N–H and O–H groups in total. The number of carbonyl (C=O) groups excluding carboxylic acids is 1. The van der Waals surface area contributed by atoms with Crippen LogP contribution in [0.25, 0.3) is 0 Å². The molecule has 0 bridgehead atoms. The topological polar surface area (TPSA) is 85.6 Å². The van der Waals surface area contributed by atoms with Gasteiger partial charge in [0, 0.05) is 5.69 Å². The number of carbonyl (C=O) groups is 1. The van der Waals surface area contributed by atoms with Crippen molar-refractivity contribution < 1.29 is 14.3 Å². The zero-order valence-corrected chi connectivity index (χ0v) is 12.1. The summed E-state index contributed by atoms with van der Waals surface area (Å²) in [7, 11) is 1.56. The van der Waals surface area contributed by atoms with Crippen LogP contribution in [0.4, 0.5) is 5.69 Å². The third-order valence-corrected chi connectivity index (χ3v) is 3.51. The summed E-state index contributed by atoms with van der Waals surface area (Å²) in [6.45, 7) is 0.0709. The predicted molar refractivity (Wildman–Crippen MR) is 82.9 cm³/mol. The summed E-state index contributed by atoms with van der Waals surface area (Å²) in [6.07, 6.45) is -0.330. The SMILES string of the molecule is COc1cc(C2NC(=O)c3ccccc3N2)ccc1OCN. The Morgan fingerprint density at radius 3 is 2.73 bits per heavy atom. The van der Waals surface area contributed by atoms with Crippen molar-refractivity contribution in [3.05, 3.63) is 53.6 Å². The van der Waals surface area contributed by atoms with Crippen LogP contribution in [0.5, 0.6) is 11.5 Å². The molecule has 3 rings (SSSR count). The highest BCUT2D eigenvalue weighted by Gasteiger charge is 2.24. The largest absolute Gasteiger partial charge is 0.493 e. The number of benzene rings is 2. The molecule has 1 aliphatic rings. The minimum absolute atomic E-state index is 0.0709. The van der Waals surface area contributed by atoms with E-state index in [1.54, 1.807) is 19.2 Å². The van der Waals surface area contributed by atoms with Gasteiger partial charge >= 0.3 is 0 Å². The number of nitrogens with two attached hydrogens (primary N) is 1. The summed E-state index contributed by atoms with van der Waals surface area (Å²) in [5.74, 6) is 1.02. The fraction of sp³-hybridized carbons (Fsp3) is 0.188. The van der Waals surface area contributed by atoms with E-state index in [-0.39, 0.29) is 18.8 Å². The third kappa shape index (κ3) is 2.56. The first-order valence-corrected chi connectivity index (χ1v) is 6.90. The number of ether oxygens (including phenoxy) is 2. The van der Waals surface area contributed by atoms with Crippen LogP contribution in [0, 0.1) is 0 Å². The number of rotatable bonds is 4. The highest BCUT2D eigenvalue weighted by atomic mass is 16.5. The van der Waals surface area contributed by atoms with E-state index in [1.807, 2.05) is 30.3 Å². The van der Waals surface area contributed by atoms with Crippen LogP contribution in [0.15, 0.2) is 42.5 Å². The molecule has 1 unspecified atom stereocenters. The summed E-state index contributed by atoms with van der Waals surface area (Å²) in [6, 6.07) is 12.8. The standard InChI is InChI=1S/C16H17N3O3/c1-21-14-8-10(6-7-13(14)22-9-17)15-18-12-5-3-2-4-11(12)16(20)19-15/h2-8,15,18H,9,17H2,1H3,(H,19,20). The van der Waals surface area contributed by atoms with E-state index in [4.69, 9.17) is 15.2 Å². The van der Waals surface area contributed by atoms with E-state index in [1.165, 1.54) is 0 Å². The van der Waals surface area contributed by atoms with E-state index in [2.05, 4.69) is 10.6 Å². The van der Waals surface area contributed by atoms with Crippen molar-refractivity contribution in [1.29, 1.82) is 0 Å². The molecule has 1 amide bonds. The summed E-state index contributed by atoms with van der Waals surface area (Å²) < 4.78 is 10.6. The third-order valence-electron chi connectivity index (χ3n) is 3.51. The van der Waals surface area contributed by atoms with Crippen molar-refractivity contribution >= 4 is 11.6 Å². The van der Waals surface area contributed by atoms with Crippen molar-refractivity contribution in [1.82, 2.24) is 5.32 Å². The molecule has 0 saturated heterocycles. The number of para-hydroxylation sites is 1. The lowest BCUT2D eigenvalue weighted by molar-refractivity contribution is 0.0935. The molecule has 6 heteroatoms. The predicted octanol–water partition coefficient (Wildman–Crippen LogP) is 1.84. The van der Waals surface area contributed by atoms with Gasteiger partial charge in [-0.05, 0) is 29.8 Å². The Hall–Kier alpha value is -2.73. The lowest BCUT2D eigenvalue weighted by atomic mass is 10.1. The van der Waals surface area contributed by atoms with Gasteiger partial charge in [0.2, 0.25) is 0 Å². The number of anilines is 1. The molecule has 1 aliphatic heterocycles. The molecule has 0 saturated carbocycles. The second-order valence-corrected chi connectivity index (χ2v) is 4.82. The number of hydrogen-bond acceptors (Lipinski definition) is 5. The summed E-state index contributed by atoms with van der Waals surface area (Å²) in [4.78, 5) is 12.2. The van der Waals surface area contributed by atoms with Crippen molar-refractivity contribution in [3.8, 4) is 11.5 Å². The van der Waals surface area contributed by atoms with Gasteiger partial charge in [0.25, 0.3) is 5.91 Å². The van der Waals surface area contributed by atoms with Crippen LogP contribution in [0.1, 0.15) is 22.1 Å². The molecule has 6 nitrogen and oxygen atoms in total. The van der Waals surface area contributed by atoms with E-state index in [0.717, 1.165) is 11.3 Å². The fourth-order valence-electron chi connectivity index (χ4n) is 2.45. The van der Waals surface area contributed by atoms with Gasteiger partial charge in [-0.1, -0.05) is 18.2 Å². The van der Waals surface area contributed by atoms with Gasteiger partial charge in [0.05, 0.1) is 12.7 Å². The van der Waals surface area contributed by atoms with Crippen LogP contribution in [-0.2, 0) is 0 Å². The highest BCUT2D eigenvalue weighted by Crippen LogP contribution is 2.32. The van der Waals surface area contributed by atoms with Crippen LogP contribution in [-0.4, -0.2) is 19.7 Å². The Kier molecular flexibility index (Phi) is 3.84. The van der Waals surface area contributed by atoms with Crippen molar-refractivity contribution in [2.45, 2.75) is 6.17 Å². The van der Waals surface area contributed by atoms with Crippen LogP contribution in [0.2, 0.25) is 0 Å². The Morgan fingerprint density at radius 1 is 1.14 bits per heavy atom. The minimum atomic E-state index is -0.330. The van der Waals surface area contributed by atoms with Crippen LogP contribution in [0.3, 0.4) is 0 Å². The minimum Gasteiger partial charge on any atom is -0.493 e. The molecule has 0 spiro atoms. The number of nitrogens with one attached hydrogen (secondary N) is 2. The first kappa shape index (κ1) is 14.2. The van der Waals surface area contributed by atoms with Gasteiger partial charge in [-0.3, -0.25) is 10.5 Å². The Morgan fingerprint density at radius 2 is 1.95 bits per heavy atom. The maximum absolute atomic E-state index is 12.2. The zero-order chi connectivity index (χ0) is 15.5. The second-order valence-electron chi connectivity index (χ2n) is 4.82. The van der Waals surface area contributed by atoms with Crippen molar-refractivity contribution in [2.24, 2.45) is 5.73 Å². The number of fused-ring (bicyclic) bond motifs is 1. The lowest BCUT2D eigenvalue weighted by Crippen LogP contribution is -2.38. The molecule has 0 fully saturated rings. The molecule has 2 aromatic rings. The van der Waals surface area contributed by atoms with Gasteiger partial charge in [0.15, 0.2) is 11.5 Å². The normalized spacial score (nSPS) is 16.3. The zero-order valence-electron chi connectivity index (χ0n) is 12.1. The Labute approximate surface area is 128 Å². The molecule has 2 aromatic carbocycles. The van der Waals surface area contributed by atoms with Gasteiger partial charge in [-0.2, -0.15) is 0 Å². The number of hydrogen-bond donors (Lipinski definition) is 3. The smallest absolute Gasteiger partial charge is 0.255 e. The maximum atomic E-state index is 12.2. The molecule has 22 heavy (non-hydrogen) atoms. The Balaban J connectivity index is 1.91. The number of methoxy groups -OCH3 is 1. The van der Waals surface area contributed by atoms with Gasteiger partial charge in [-0.15, -0.1) is 0 Å². The van der Waals surface area contributed by atoms with Gasteiger partial charge in [-0.25, -0.2) is 0 Å². The van der Waals surface area contributed by atoms with Crippen LogP contribution >= 0.6 is 0 Å². The van der Waals surface area contributed by atoms with Crippen LogP contribution < -0.4 is 25.8 Å².